The van der Waals surface area contributed by atoms with Crippen molar-refractivity contribution in [2.45, 2.75) is 58.0 Å². The molecule has 0 spiro atoms. The van der Waals surface area contributed by atoms with Gasteiger partial charge in [0.15, 0.2) is 0 Å². The molecule has 5 nitrogen and oxygen atoms in total. The quantitative estimate of drug-likeness (QED) is 0.835. The van der Waals surface area contributed by atoms with Gasteiger partial charge in [0.25, 0.3) is 0 Å². The van der Waals surface area contributed by atoms with E-state index in [0.717, 1.165) is 25.7 Å². The highest BCUT2D eigenvalue weighted by molar-refractivity contribution is 5.77. The number of carbonyl (C=O) groups excluding carboxylic acids is 1. The second kappa shape index (κ2) is 5.80. The lowest BCUT2D eigenvalue weighted by Gasteiger charge is -2.37. The van der Waals surface area contributed by atoms with Crippen LogP contribution < -0.4 is 0 Å². The summed E-state index contributed by atoms with van der Waals surface area (Å²) in [5.74, 6) is -1.17. The summed E-state index contributed by atoms with van der Waals surface area (Å²) in [4.78, 5) is 27.4. The lowest BCUT2D eigenvalue weighted by molar-refractivity contribution is -0.143. The number of carboxylic acid groups (broad SMARTS) is 1. The molecule has 0 aliphatic carbocycles. The zero-order valence-corrected chi connectivity index (χ0v) is 11.8. The van der Waals surface area contributed by atoms with E-state index in [1.165, 1.54) is 0 Å². The second-order valence-corrected chi connectivity index (χ2v) is 5.80. The minimum absolute atomic E-state index is 0.0443. The van der Waals surface area contributed by atoms with Crippen LogP contribution in [0.25, 0.3) is 0 Å². The average Bonchev–Trinajstić information content (AvgIpc) is 2.79. The molecule has 0 radical (unpaired) electrons. The van der Waals surface area contributed by atoms with Crippen LogP contribution >= 0.6 is 0 Å². The molecular formula is C14H24N2O3. The Morgan fingerprint density at radius 3 is 2.63 bits per heavy atom. The fraction of sp³-hybridized carbons (Fsp3) is 0.857. The van der Waals surface area contributed by atoms with Gasteiger partial charge >= 0.3 is 12.0 Å². The number of piperidine rings is 1. The first-order chi connectivity index (χ1) is 9.04. The fourth-order valence-corrected chi connectivity index (χ4v) is 3.33. The molecule has 0 saturated carbocycles. The molecular weight excluding hydrogens is 244 g/mol. The van der Waals surface area contributed by atoms with Crippen LogP contribution in [0, 0.1) is 5.92 Å². The van der Waals surface area contributed by atoms with Crippen LogP contribution in [-0.4, -0.2) is 52.1 Å². The molecule has 2 amide bonds. The van der Waals surface area contributed by atoms with Crippen LogP contribution in [-0.2, 0) is 4.79 Å². The monoisotopic (exact) mass is 268 g/mol. The van der Waals surface area contributed by atoms with Gasteiger partial charge in [-0.2, -0.15) is 0 Å². The average molecular weight is 268 g/mol. The Kier molecular flexibility index (Phi) is 4.32. The van der Waals surface area contributed by atoms with Crippen molar-refractivity contribution >= 4 is 12.0 Å². The van der Waals surface area contributed by atoms with Gasteiger partial charge < -0.3 is 14.9 Å². The lowest BCUT2D eigenvalue weighted by atomic mass is 9.98. The van der Waals surface area contributed by atoms with Gasteiger partial charge in [0.1, 0.15) is 0 Å². The molecule has 1 N–H and O–H groups in total. The molecule has 0 aromatic carbocycles. The Bertz CT molecular complexity index is 359. The van der Waals surface area contributed by atoms with Crippen LogP contribution in [0.5, 0.6) is 0 Å². The van der Waals surface area contributed by atoms with E-state index in [0.29, 0.717) is 25.6 Å². The summed E-state index contributed by atoms with van der Waals surface area (Å²) in [5, 5.41) is 9.10. The third kappa shape index (κ3) is 2.85. The van der Waals surface area contributed by atoms with Gasteiger partial charge in [-0.25, -0.2) is 4.79 Å². The molecule has 2 saturated heterocycles. The van der Waals surface area contributed by atoms with E-state index in [4.69, 9.17) is 5.11 Å². The zero-order valence-electron chi connectivity index (χ0n) is 11.8. The van der Waals surface area contributed by atoms with Crippen molar-refractivity contribution in [2.75, 3.05) is 13.1 Å². The van der Waals surface area contributed by atoms with Gasteiger partial charge in [0.05, 0.1) is 5.92 Å². The van der Waals surface area contributed by atoms with E-state index in [1.807, 2.05) is 4.90 Å². The van der Waals surface area contributed by atoms with Crippen molar-refractivity contribution in [1.29, 1.82) is 0 Å². The number of likely N-dealkylation sites (tertiary alicyclic amines) is 2. The summed E-state index contributed by atoms with van der Waals surface area (Å²) in [6.45, 7) is 5.27. The summed E-state index contributed by atoms with van der Waals surface area (Å²) in [7, 11) is 0. The summed E-state index contributed by atoms with van der Waals surface area (Å²) >= 11 is 0. The highest BCUT2D eigenvalue weighted by Gasteiger charge is 2.37. The minimum Gasteiger partial charge on any atom is -0.481 e. The molecule has 19 heavy (non-hydrogen) atoms. The van der Waals surface area contributed by atoms with Crippen LogP contribution in [0.2, 0.25) is 0 Å². The highest BCUT2D eigenvalue weighted by Crippen LogP contribution is 2.28. The number of rotatable bonds is 2. The van der Waals surface area contributed by atoms with E-state index in [2.05, 4.69) is 13.8 Å². The Hall–Kier alpha value is -1.26. The van der Waals surface area contributed by atoms with Crippen molar-refractivity contribution in [3.8, 4) is 0 Å². The SMILES string of the molecule is CCC1CCC(C)N1C(=O)N1CCC[C@@H](C(=O)O)C1. The highest BCUT2D eigenvalue weighted by atomic mass is 16.4. The smallest absolute Gasteiger partial charge is 0.320 e. The number of hydrogen-bond acceptors (Lipinski definition) is 2. The molecule has 5 heteroatoms. The van der Waals surface area contributed by atoms with Crippen molar-refractivity contribution < 1.29 is 14.7 Å². The van der Waals surface area contributed by atoms with Crippen molar-refractivity contribution in [2.24, 2.45) is 5.92 Å². The predicted molar refractivity (Wildman–Crippen MR) is 71.9 cm³/mol. The maximum Gasteiger partial charge on any atom is 0.320 e. The molecule has 2 unspecified atom stereocenters. The number of nitrogens with zero attached hydrogens (tertiary/aromatic N) is 2. The summed E-state index contributed by atoms with van der Waals surface area (Å²) in [5.41, 5.74) is 0. The van der Waals surface area contributed by atoms with Gasteiger partial charge in [0, 0.05) is 25.2 Å². The first-order valence-corrected chi connectivity index (χ1v) is 7.34. The summed E-state index contributed by atoms with van der Waals surface area (Å²) < 4.78 is 0. The van der Waals surface area contributed by atoms with Gasteiger partial charge in [-0.3, -0.25) is 4.79 Å². The molecule has 2 aliphatic heterocycles. The van der Waals surface area contributed by atoms with Gasteiger partial charge in [-0.05, 0) is 39.0 Å². The largest absolute Gasteiger partial charge is 0.481 e. The van der Waals surface area contributed by atoms with E-state index in [9.17, 15) is 9.59 Å². The van der Waals surface area contributed by atoms with Crippen LogP contribution in [0.4, 0.5) is 4.79 Å². The van der Waals surface area contributed by atoms with Crippen LogP contribution in [0.15, 0.2) is 0 Å². The molecule has 0 aromatic heterocycles. The van der Waals surface area contributed by atoms with Crippen molar-refractivity contribution in [3.63, 3.8) is 0 Å². The number of amides is 2. The molecule has 0 bridgehead atoms. The Morgan fingerprint density at radius 2 is 2.00 bits per heavy atom. The predicted octanol–water partition coefficient (Wildman–Crippen LogP) is 2.17. The summed E-state index contributed by atoms with van der Waals surface area (Å²) in [6, 6.07) is 0.651. The molecule has 2 rings (SSSR count). The lowest BCUT2D eigenvalue weighted by Crippen LogP contribution is -2.51. The number of hydrogen-bond donors (Lipinski definition) is 1. The number of aliphatic carboxylic acids is 1. The topological polar surface area (TPSA) is 60.9 Å². The maximum atomic E-state index is 12.6. The summed E-state index contributed by atoms with van der Waals surface area (Å²) in [6.07, 6.45) is 4.58. The first kappa shape index (κ1) is 14.2. The third-order valence-electron chi connectivity index (χ3n) is 4.52. The van der Waals surface area contributed by atoms with Crippen LogP contribution in [0.1, 0.15) is 46.0 Å². The Morgan fingerprint density at radius 1 is 1.26 bits per heavy atom. The van der Waals surface area contributed by atoms with E-state index in [1.54, 1.807) is 4.90 Å². The fourth-order valence-electron chi connectivity index (χ4n) is 3.33. The van der Waals surface area contributed by atoms with E-state index in [-0.39, 0.29) is 12.1 Å². The van der Waals surface area contributed by atoms with Gasteiger partial charge in [-0.1, -0.05) is 6.92 Å². The second-order valence-electron chi connectivity index (χ2n) is 5.80. The Balaban J connectivity index is 2.04. The molecule has 2 heterocycles. The van der Waals surface area contributed by atoms with Crippen molar-refractivity contribution in [3.05, 3.63) is 0 Å². The number of carboxylic acids is 1. The molecule has 0 aromatic rings. The molecule has 2 aliphatic rings. The van der Waals surface area contributed by atoms with Gasteiger partial charge in [-0.15, -0.1) is 0 Å². The molecule has 108 valence electrons. The Labute approximate surface area is 114 Å². The molecule has 3 atom stereocenters. The minimum atomic E-state index is -0.779. The first-order valence-electron chi connectivity index (χ1n) is 7.34. The number of urea groups is 1. The van der Waals surface area contributed by atoms with E-state index < -0.39 is 11.9 Å². The number of carbonyl (C=O) groups is 2. The normalized spacial score (nSPS) is 31.6. The van der Waals surface area contributed by atoms with Crippen LogP contribution in [0.3, 0.4) is 0 Å². The maximum absolute atomic E-state index is 12.6. The standard InChI is InChI=1S/C14H24N2O3/c1-3-12-7-6-10(2)16(12)14(19)15-8-4-5-11(9-15)13(17)18/h10-12H,3-9H2,1-2H3,(H,17,18)/t10?,11-,12?/m1/s1. The van der Waals surface area contributed by atoms with E-state index >= 15 is 0 Å². The zero-order chi connectivity index (χ0) is 14.0. The van der Waals surface area contributed by atoms with Crippen molar-refractivity contribution in [1.82, 2.24) is 9.80 Å². The molecule has 2 fully saturated rings. The third-order valence-corrected chi connectivity index (χ3v) is 4.52. The van der Waals surface area contributed by atoms with Gasteiger partial charge in [0.2, 0.25) is 0 Å².